The average molecular weight is 220 g/mol. The normalized spacial score (nSPS) is 25.7. The fourth-order valence-electron chi connectivity index (χ4n) is 2.32. The van der Waals surface area contributed by atoms with Crippen molar-refractivity contribution < 1.29 is 14.0 Å². The van der Waals surface area contributed by atoms with Crippen molar-refractivity contribution in [3.05, 3.63) is 24.2 Å². The summed E-state index contributed by atoms with van der Waals surface area (Å²) in [6.07, 6.45) is 4.66. The van der Waals surface area contributed by atoms with Gasteiger partial charge in [-0.05, 0) is 30.9 Å². The van der Waals surface area contributed by atoms with Gasteiger partial charge in [-0.15, -0.1) is 0 Å². The summed E-state index contributed by atoms with van der Waals surface area (Å²) in [5, 5.41) is 0. The van der Waals surface area contributed by atoms with Crippen molar-refractivity contribution in [1.29, 1.82) is 0 Å². The Labute approximate surface area is 94.8 Å². The van der Waals surface area contributed by atoms with E-state index in [1.165, 1.54) is 6.26 Å². The highest BCUT2D eigenvalue weighted by atomic mass is 16.3. The van der Waals surface area contributed by atoms with Gasteiger partial charge < -0.3 is 4.42 Å². The maximum atomic E-state index is 12.0. The molecular weight excluding hydrogens is 204 g/mol. The lowest BCUT2D eigenvalue weighted by molar-refractivity contribution is -0.124. The molecule has 0 aliphatic heterocycles. The molecule has 1 fully saturated rings. The highest BCUT2D eigenvalue weighted by molar-refractivity contribution is 6.09. The third-order valence-corrected chi connectivity index (χ3v) is 3.41. The van der Waals surface area contributed by atoms with E-state index in [4.69, 9.17) is 4.42 Å². The zero-order chi connectivity index (χ0) is 11.5. The van der Waals surface area contributed by atoms with Gasteiger partial charge in [-0.1, -0.05) is 13.3 Å². The lowest BCUT2D eigenvalue weighted by Crippen LogP contribution is -2.31. The van der Waals surface area contributed by atoms with Gasteiger partial charge in [0.25, 0.3) is 0 Å². The first kappa shape index (κ1) is 11.1. The highest BCUT2D eigenvalue weighted by Gasteiger charge is 2.34. The molecule has 1 aromatic heterocycles. The summed E-state index contributed by atoms with van der Waals surface area (Å²) >= 11 is 0. The summed E-state index contributed by atoms with van der Waals surface area (Å²) in [5.74, 6) is 0.279. The van der Waals surface area contributed by atoms with Crippen LogP contribution in [0.2, 0.25) is 0 Å². The van der Waals surface area contributed by atoms with E-state index in [9.17, 15) is 9.59 Å². The molecule has 86 valence electrons. The molecule has 1 aliphatic carbocycles. The van der Waals surface area contributed by atoms with Crippen LogP contribution in [0.4, 0.5) is 0 Å². The van der Waals surface area contributed by atoms with Crippen LogP contribution in [0, 0.1) is 11.8 Å². The van der Waals surface area contributed by atoms with E-state index in [0.29, 0.717) is 24.5 Å². The number of carbonyl (C=O) groups is 2. The van der Waals surface area contributed by atoms with Gasteiger partial charge in [-0.2, -0.15) is 0 Å². The van der Waals surface area contributed by atoms with Gasteiger partial charge in [0, 0.05) is 6.42 Å². The number of Topliss-reactive ketones (excluding diaryl/α,β-unsaturated/α-hetero) is 2. The topological polar surface area (TPSA) is 47.3 Å². The van der Waals surface area contributed by atoms with Crippen LogP contribution in [0.3, 0.4) is 0 Å². The first-order chi connectivity index (χ1) is 7.72. The Morgan fingerprint density at radius 1 is 1.56 bits per heavy atom. The van der Waals surface area contributed by atoms with E-state index in [1.807, 2.05) is 0 Å². The van der Waals surface area contributed by atoms with Gasteiger partial charge in [0.1, 0.15) is 5.78 Å². The van der Waals surface area contributed by atoms with Crippen LogP contribution in [-0.2, 0) is 4.79 Å². The van der Waals surface area contributed by atoms with Gasteiger partial charge in [-0.25, -0.2) is 0 Å². The molecule has 2 atom stereocenters. The molecule has 1 aliphatic rings. The molecule has 2 unspecified atom stereocenters. The monoisotopic (exact) mass is 220 g/mol. The second-order valence-corrected chi connectivity index (χ2v) is 4.41. The van der Waals surface area contributed by atoms with Crippen molar-refractivity contribution in [1.82, 2.24) is 0 Å². The first-order valence-corrected chi connectivity index (χ1v) is 5.82. The Morgan fingerprint density at radius 3 is 3.00 bits per heavy atom. The second-order valence-electron chi connectivity index (χ2n) is 4.41. The number of hydrogen-bond donors (Lipinski definition) is 0. The fraction of sp³-hybridized carbons (Fsp3) is 0.538. The van der Waals surface area contributed by atoms with Crippen LogP contribution in [0.1, 0.15) is 43.2 Å². The predicted molar refractivity (Wildman–Crippen MR) is 59.2 cm³/mol. The zero-order valence-electron chi connectivity index (χ0n) is 9.44. The van der Waals surface area contributed by atoms with E-state index in [2.05, 4.69) is 6.92 Å². The van der Waals surface area contributed by atoms with Gasteiger partial charge in [-0.3, -0.25) is 9.59 Å². The molecule has 2 rings (SSSR count). The minimum atomic E-state index is -0.468. The molecule has 0 bridgehead atoms. The molecule has 1 saturated carbocycles. The molecule has 16 heavy (non-hydrogen) atoms. The molecule has 0 spiro atoms. The summed E-state index contributed by atoms with van der Waals surface area (Å²) < 4.78 is 5.06. The van der Waals surface area contributed by atoms with Crippen LogP contribution in [-0.4, -0.2) is 11.6 Å². The standard InChI is InChI=1S/C13H16O3/c1-2-9-5-6-11(14)10(8-9)13(15)12-4-3-7-16-12/h3-4,7,9-10H,2,5-6,8H2,1H3. The molecule has 3 nitrogen and oxygen atoms in total. The SMILES string of the molecule is CCC1CCC(=O)C(C(=O)c2ccco2)C1. The third kappa shape index (κ3) is 2.08. The van der Waals surface area contributed by atoms with E-state index in [0.717, 1.165) is 12.8 Å². The van der Waals surface area contributed by atoms with Crippen molar-refractivity contribution in [3.63, 3.8) is 0 Å². The molecule has 1 heterocycles. The Bertz CT molecular complexity index is 378. The Balaban J connectivity index is 2.12. The summed E-state index contributed by atoms with van der Waals surface area (Å²) in [4.78, 5) is 23.7. The van der Waals surface area contributed by atoms with Crippen molar-refractivity contribution in [2.75, 3.05) is 0 Å². The number of hydrogen-bond acceptors (Lipinski definition) is 3. The Kier molecular flexibility index (Phi) is 3.22. The van der Waals surface area contributed by atoms with Crippen molar-refractivity contribution in [3.8, 4) is 0 Å². The number of carbonyl (C=O) groups excluding carboxylic acids is 2. The third-order valence-electron chi connectivity index (χ3n) is 3.41. The van der Waals surface area contributed by atoms with Crippen molar-refractivity contribution in [2.24, 2.45) is 11.8 Å². The maximum absolute atomic E-state index is 12.0. The lowest BCUT2D eigenvalue weighted by Gasteiger charge is -2.25. The summed E-state index contributed by atoms with van der Waals surface area (Å²) in [7, 11) is 0. The smallest absolute Gasteiger partial charge is 0.208 e. The average Bonchev–Trinajstić information content (AvgIpc) is 2.82. The van der Waals surface area contributed by atoms with Crippen LogP contribution in [0.25, 0.3) is 0 Å². The number of rotatable bonds is 3. The number of ketones is 2. The Hall–Kier alpha value is -1.38. The molecule has 0 amide bonds. The van der Waals surface area contributed by atoms with Crippen LogP contribution < -0.4 is 0 Å². The Morgan fingerprint density at radius 2 is 2.38 bits per heavy atom. The summed E-state index contributed by atoms with van der Waals surface area (Å²) in [6, 6.07) is 3.31. The molecule has 0 saturated heterocycles. The minimum absolute atomic E-state index is 0.0751. The van der Waals surface area contributed by atoms with Crippen LogP contribution >= 0.6 is 0 Å². The van der Waals surface area contributed by atoms with Crippen LogP contribution in [0.15, 0.2) is 22.8 Å². The lowest BCUT2D eigenvalue weighted by atomic mass is 9.77. The van der Waals surface area contributed by atoms with Crippen LogP contribution in [0.5, 0.6) is 0 Å². The van der Waals surface area contributed by atoms with Gasteiger partial charge >= 0.3 is 0 Å². The quantitative estimate of drug-likeness (QED) is 0.581. The van der Waals surface area contributed by atoms with E-state index >= 15 is 0 Å². The van der Waals surface area contributed by atoms with E-state index < -0.39 is 5.92 Å². The second kappa shape index (κ2) is 4.64. The minimum Gasteiger partial charge on any atom is -0.461 e. The molecular formula is C13H16O3. The summed E-state index contributed by atoms with van der Waals surface area (Å²) in [6.45, 7) is 2.11. The van der Waals surface area contributed by atoms with Gasteiger partial charge in [0.15, 0.2) is 5.76 Å². The molecule has 0 N–H and O–H groups in total. The number of furan rings is 1. The fourth-order valence-corrected chi connectivity index (χ4v) is 2.32. The van der Waals surface area contributed by atoms with Crippen molar-refractivity contribution in [2.45, 2.75) is 32.6 Å². The van der Waals surface area contributed by atoms with Gasteiger partial charge in [0.2, 0.25) is 5.78 Å². The predicted octanol–water partition coefficient (Wildman–Crippen LogP) is 2.86. The zero-order valence-corrected chi connectivity index (χ0v) is 9.44. The molecule has 1 aromatic rings. The highest BCUT2D eigenvalue weighted by Crippen LogP contribution is 2.30. The largest absolute Gasteiger partial charge is 0.461 e. The molecule has 0 radical (unpaired) electrons. The summed E-state index contributed by atoms with van der Waals surface area (Å²) in [5.41, 5.74) is 0. The van der Waals surface area contributed by atoms with Gasteiger partial charge in [0.05, 0.1) is 12.2 Å². The molecule has 3 heteroatoms. The molecule has 0 aromatic carbocycles. The van der Waals surface area contributed by atoms with Crippen molar-refractivity contribution >= 4 is 11.6 Å². The maximum Gasteiger partial charge on any atom is 0.208 e. The first-order valence-electron chi connectivity index (χ1n) is 5.82. The van der Waals surface area contributed by atoms with E-state index in [1.54, 1.807) is 12.1 Å². The van der Waals surface area contributed by atoms with E-state index in [-0.39, 0.29) is 11.6 Å².